The van der Waals surface area contributed by atoms with Crippen LogP contribution in [0.1, 0.15) is 36.7 Å². The lowest BCUT2D eigenvalue weighted by Crippen LogP contribution is -2.12. The van der Waals surface area contributed by atoms with Crippen molar-refractivity contribution in [1.29, 1.82) is 0 Å². The van der Waals surface area contributed by atoms with Crippen LogP contribution in [0.25, 0.3) is 0 Å². The summed E-state index contributed by atoms with van der Waals surface area (Å²) < 4.78 is 0. The number of thiocarbonyl (C=S) groups is 1. The highest BCUT2D eigenvalue weighted by molar-refractivity contribution is 7.80. The lowest BCUT2D eigenvalue weighted by molar-refractivity contribution is 0.815. The zero-order valence-electron chi connectivity index (χ0n) is 8.16. The predicted molar refractivity (Wildman–Crippen MR) is 59.0 cm³/mol. The first kappa shape index (κ1) is 10.1. The van der Waals surface area contributed by atoms with Gasteiger partial charge in [0, 0.05) is 17.0 Å². The van der Waals surface area contributed by atoms with E-state index in [4.69, 9.17) is 18.0 Å². The highest BCUT2D eigenvalue weighted by Gasteiger charge is 2.05. The predicted octanol–water partition coefficient (Wildman–Crippen LogP) is 2.15. The summed E-state index contributed by atoms with van der Waals surface area (Å²) >= 11 is 4.90. The average molecular weight is 194 g/mol. The van der Waals surface area contributed by atoms with Crippen molar-refractivity contribution in [3.05, 3.63) is 29.1 Å². The van der Waals surface area contributed by atoms with Crippen molar-refractivity contribution < 1.29 is 0 Å². The molecule has 0 radical (unpaired) electrons. The first-order valence-corrected chi connectivity index (χ1v) is 4.70. The molecule has 0 spiro atoms. The molecule has 0 saturated carbocycles. The summed E-state index contributed by atoms with van der Waals surface area (Å²) in [4.78, 5) is 4.84. The molecule has 0 amide bonds. The summed E-state index contributed by atoms with van der Waals surface area (Å²) in [6.07, 6.45) is 0. The zero-order valence-corrected chi connectivity index (χ0v) is 8.98. The highest BCUT2D eigenvalue weighted by Crippen LogP contribution is 2.14. The third-order valence-electron chi connectivity index (χ3n) is 1.96. The molecule has 0 aromatic carbocycles. The summed E-state index contributed by atoms with van der Waals surface area (Å²) in [5.41, 5.74) is 8.40. The Bertz CT molecular complexity index is 332. The van der Waals surface area contributed by atoms with Crippen molar-refractivity contribution in [3.63, 3.8) is 0 Å². The van der Waals surface area contributed by atoms with Gasteiger partial charge in [0.2, 0.25) is 0 Å². The van der Waals surface area contributed by atoms with E-state index in [0.29, 0.717) is 10.9 Å². The van der Waals surface area contributed by atoms with Gasteiger partial charge in [-0.15, -0.1) is 0 Å². The molecular weight excluding hydrogens is 180 g/mol. The second kappa shape index (κ2) is 3.83. The van der Waals surface area contributed by atoms with Gasteiger partial charge in [0.25, 0.3) is 0 Å². The fourth-order valence-corrected chi connectivity index (χ4v) is 1.38. The molecule has 0 saturated heterocycles. The minimum Gasteiger partial charge on any atom is -0.389 e. The molecule has 3 heteroatoms. The van der Waals surface area contributed by atoms with E-state index in [0.717, 1.165) is 17.0 Å². The van der Waals surface area contributed by atoms with E-state index in [1.54, 1.807) is 0 Å². The highest BCUT2D eigenvalue weighted by atomic mass is 32.1. The standard InChI is InChI=1S/C10H14N2S/c1-6(2)9-5-4-8(10(11)13)7(3)12-9/h4-6H,1-3H3,(H2,11,13). The molecule has 70 valence electrons. The first-order chi connectivity index (χ1) is 6.02. The Morgan fingerprint density at radius 3 is 2.46 bits per heavy atom. The van der Waals surface area contributed by atoms with Crippen molar-refractivity contribution in [3.8, 4) is 0 Å². The van der Waals surface area contributed by atoms with E-state index in [9.17, 15) is 0 Å². The molecule has 0 bridgehead atoms. The number of nitrogens with zero attached hydrogens (tertiary/aromatic N) is 1. The minimum absolute atomic E-state index is 0.417. The normalized spacial score (nSPS) is 10.5. The van der Waals surface area contributed by atoms with Gasteiger partial charge in [0.1, 0.15) is 4.99 Å². The number of rotatable bonds is 2. The molecule has 1 heterocycles. The lowest BCUT2D eigenvalue weighted by atomic mass is 10.1. The van der Waals surface area contributed by atoms with Gasteiger partial charge in [0.05, 0.1) is 0 Å². The molecule has 1 rings (SSSR count). The summed E-state index contributed by atoms with van der Waals surface area (Å²) in [6, 6.07) is 3.92. The van der Waals surface area contributed by atoms with E-state index < -0.39 is 0 Å². The number of pyridine rings is 1. The Hall–Kier alpha value is -0.960. The maximum absolute atomic E-state index is 5.53. The van der Waals surface area contributed by atoms with Crippen LogP contribution in [-0.2, 0) is 0 Å². The molecule has 2 N–H and O–H groups in total. The number of nitrogens with two attached hydrogens (primary N) is 1. The van der Waals surface area contributed by atoms with E-state index in [2.05, 4.69) is 18.8 Å². The molecule has 0 fully saturated rings. The molecular formula is C10H14N2S. The summed E-state index contributed by atoms with van der Waals surface area (Å²) in [6.45, 7) is 6.16. The van der Waals surface area contributed by atoms with Gasteiger partial charge in [-0.1, -0.05) is 26.1 Å². The molecule has 0 aliphatic heterocycles. The summed E-state index contributed by atoms with van der Waals surface area (Å²) in [5, 5.41) is 0. The maximum atomic E-state index is 5.53. The maximum Gasteiger partial charge on any atom is 0.105 e. The lowest BCUT2D eigenvalue weighted by Gasteiger charge is -2.08. The van der Waals surface area contributed by atoms with Gasteiger partial charge in [0.15, 0.2) is 0 Å². The number of hydrogen-bond acceptors (Lipinski definition) is 2. The fraction of sp³-hybridized carbons (Fsp3) is 0.400. The minimum atomic E-state index is 0.417. The molecule has 0 aliphatic rings. The topological polar surface area (TPSA) is 38.9 Å². The van der Waals surface area contributed by atoms with Crippen LogP contribution in [0.3, 0.4) is 0 Å². The van der Waals surface area contributed by atoms with Crippen LogP contribution in [0, 0.1) is 6.92 Å². The third kappa shape index (κ3) is 2.25. The van der Waals surface area contributed by atoms with Crippen molar-refractivity contribution >= 4 is 17.2 Å². The molecule has 2 nitrogen and oxygen atoms in total. The van der Waals surface area contributed by atoms with Gasteiger partial charge in [-0.2, -0.15) is 0 Å². The fourth-order valence-electron chi connectivity index (χ4n) is 1.16. The largest absolute Gasteiger partial charge is 0.389 e. The zero-order chi connectivity index (χ0) is 10.0. The van der Waals surface area contributed by atoms with Crippen LogP contribution in [0.15, 0.2) is 12.1 Å². The van der Waals surface area contributed by atoms with E-state index in [1.807, 2.05) is 19.1 Å². The van der Waals surface area contributed by atoms with Crippen molar-refractivity contribution in [2.45, 2.75) is 26.7 Å². The van der Waals surface area contributed by atoms with Crippen LogP contribution in [0.4, 0.5) is 0 Å². The summed E-state index contributed by atoms with van der Waals surface area (Å²) in [7, 11) is 0. The number of aromatic nitrogens is 1. The van der Waals surface area contributed by atoms with Crippen LogP contribution in [0.2, 0.25) is 0 Å². The van der Waals surface area contributed by atoms with Gasteiger partial charge in [-0.05, 0) is 25.0 Å². The van der Waals surface area contributed by atoms with Gasteiger partial charge in [-0.25, -0.2) is 0 Å². The van der Waals surface area contributed by atoms with Crippen LogP contribution >= 0.6 is 12.2 Å². The summed E-state index contributed by atoms with van der Waals surface area (Å²) in [5.74, 6) is 0.444. The molecule has 1 aromatic rings. The molecule has 0 unspecified atom stereocenters. The van der Waals surface area contributed by atoms with Crippen molar-refractivity contribution in [2.75, 3.05) is 0 Å². The van der Waals surface area contributed by atoms with E-state index in [1.165, 1.54) is 0 Å². The molecule has 1 aromatic heterocycles. The van der Waals surface area contributed by atoms with Gasteiger partial charge < -0.3 is 5.73 Å². The SMILES string of the molecule is Cc1nc(C(C)C)ccc1C(N)=S. The number of aryl methyl sites for hydroxylation is 1. The molecule has 0 atom stereocenters. The Labute approximate surface area is 84.2 Å². The van der Waals surface area contributed by atoms with Crippen molar-refractivity contribution in [1.82, 2.24) is 4.98 Å². The van der Waals surface area contributed by atoms with Crippen LogP contribution in [0.5, 0.6) is 0 Å². The molecule has 13 heavy (non-hydrogen) atoms. The van der Waals surface area contributed by atoms with Gasteiger partial charge >= 0.3 is 0 Å². The smallest absolute Gasteiger partial charge is 0.105 e. The first-order valence-electron chi connectivity index (χ1n) is 4.29. The monoisotopic (exact) mass is 194 g/mol. The van der Waals surface area contributed by atoms with Crippen LogP contribution < -0.4 is 5.73 Å². The molecule has 0 aliphatic carbocycles. The second-order valence-electron chi connectivity index (χ2n) is 3.39. The Kier molecular flexibility index (Phi) is 2.98. The number of hydrogen-bond donors (Lipinski definition) is 1. The van der Waals surface area contributed by atoms with Gasteiger partial charge in [-0.3, -0.25) is 4.98 Å². The third-order valence-corrected chi connectivity index (χ3v) is 2.18. The van der Waals surface area contributed by atoms with Crippen molar-refractivity contribution in [2.24, 2.45) is 5.73 Å². The quantitative estimate of drug-likeness (QED) is 0.733. The van der Waals surface area contributed by atoms with E-state index >= 15 is 0 Å². The van der Waals surface area contributed by atoms with E-state index in [-0.39, 0.29) is 0 Å². The Morgan fingerprint density at radius 1 is 1.46 bits per heavy atom. The van der Waals surface area contributed by atoms with Crippen LogP contribution in [-0.4, -0.2) is 9.97 Å². The Balaban J connectivity index is 3.13. The second-order valence-corrected chi connectivity index (χ2v) is 3.83. The Morgan fingerprint density at radius 2 is 2.08 bits per heavy atom. The average Bonchev–Trinajstić information content (AvgIpc) is 2.03.